The zero-order chi connectivity index (χ0) is 8.81. The highest BCUT2D eigenvalue weighted by Crippen LogP contribution is 2.23. The highest BCUT2D eigenvalue weighted by atomic mass is 28.2. The van der Waals surface area contributed by atoms with Gasteiger partial charge in [-0.3, -0.25) is 0 Å². The third kappa shape index (κ3) is 2.43. The van der Waals surface area contributed by atoms with Crippen LogP contribution in [0.2, 0.25) is 6.04 Å². The predicted octanol–water partition coefficient (Wildman–Crippen LogP) is 1.99. The summed E-state index contributed by atoms with van der Waals surface area (Å²) in [7, 11) is 0.328. The van der Waals surface area contributed by atoms with Gasteiger partial charge in [-0.25, -0.2) is 0 Å². The summed E-state index contributed by atoms with van der Waals surface area (Å²) in [4.78, 5) is 0. The molecule has 0 aliphatic rings. The summed E-state index contributed by atoms with van der Waals surface area (Å²) < 4.78 is 5.28. The number of phenols is 1. The van der Waals surface area contributed by atoms with E-state index in [0.717, 1.165) is 6.04 Å². The number of hydrogen-bond acceptors (Lipinski definition) is 2. The Labute approximate surface area is 74.4 Å². The summed E-state index contributed by atoms with van der Waals surface area (Å²) in [5.74, 6) is 0.728. The Hall–Kier alpha value is -1.22. The molecule has 0 aliphatic heterocycles. The second kappa shape index (κ2) is 4.61. The minimum absolute atomic E-state index is 0.189. The summed E-state index contributed by atoms with van der Waals surface area (Å²) >= 11 is 0. The summed E-state index contributed by atoms with van der Waals surface area (Å²) in [5.41, 5.74) is 0. The normalized spacial score (nSPS) is 9.33. The maximum atomic E-state index is 9.26. The predicted molar refractivity (Wildman–Crippen MR) is 49.5 cm³/mol. The molecular formula is C9H10O2Si. The Morgan fingerprint density at radius 1 is 1.50 bits per heavy atom. The fraction of sp³-hybridized carbons (Fsp3) is 0.111. The Kier molecular flexibility index (Phi) is 3.41. The second-order valence-corrected chi connectivity index (χ2v) is 3.11. The van der Waals surface area contributed by atoms with E-state index in [4.69, 9.17) is 4.43 Å². The third-order valence-electron chi connectivity index (χ3n) is 1.28. The first-order chi connectivity index (χ1) is 5.84. The van der Waals surface area contributed by atoms with Gasteiger partial charge in [-0.05, 0) is 18.2 Å². The summed E-state index contributed by atoms with van der Waals surface area (Å²) in [6.07, 6.45) is 1.79. The average Bonchev–Trinajstić information content (AvgIpc) is 2.09. The van der Waals surface area contributed by atoms with Crippen molar-refractivity contribution in [3.8, 4) is 11.5 Å². The lowest BCUT2D eigenvalue weighted by atomic mass is 10.3. The summed E-state index contributed by atoms with van der Waals surface area (Å²) in [6, 6.07) is 7.75. The number of phenolic OH excluding ortho intramolecular Hbond substituents is 1. The SMILES string of the molecule is C=CC[Si]Oc1ccccc1O. The molecule has 0 fully saturated rings. The minimum Gasteiger partial charge on any atom is -0.538 e. The number of hydrogen-bond donors (Lipinski definition) is 1. The molecular weight excluding hydrogens is 168 g/mol. The molecule has 0 atom stereocenters. The van der Waals surface area contributed by atoms with Crippen LogP contribution in [-0.2, 0) is 0 Å². The van der Waals surface area contributed by atoms with Crippen molar-refractivity contribution in [3.05, 3.63) is 36.9 Å². The van der Waals surface area contributed by atoms with E-state index in [1.165, 1.54) is 0 Å². The van der Waals surface area contributed by atoms with Gasteiger partial charge in [-0.1, -0.05) is 18.2 Å². The molecule has 3 heteroatoms. The number of para-hydroxylation sites is 2. The third-order valence-corrected chi connectivity index (χ3v) is 2.09. The molecule has 0 saturated heterocycles. The Morgan fingerprint density at radius 3 is 2.92 bits per heavy atom. The van der Waals surface area contributed by atoms with Gasteiger partial charge < -0.3 is 9.53 Å². The van der Waals surface area contributed by atoms with Crippen molar-refractivity contribution in [2.75, 3.05) is 0 Å². The van der Waals surface area contributed by atoms with Gasteiger partial charge in [0.15, 0.2) is 5.75 Å². The van der Waals surface area contributed by atoms with Crippen molar-refractivity contribution in [1.82, 2.24) is 0 Å². The zero-order valence-corrected chi connectivity index (χ0v) is 7.66. The van der Waals surface area contributed by atoms with Crippen molar-refractivity contribution in [2.45, 2.75) is 6.04 Å². The van der Waals surface area contributed by atoms with Crippen molar-refractivity contribution in [3.63, 3.8) is 0 Å². The minimum atomic E-state index is 0.189. The van der Waals surface area contributed by atoms with Crippen molar-refractivity contribution in [1.29, 1.82) is 0 Å². The quantitative estimate of drug-likeness (QED) is 0.434. The van der Waals surface area contributed by atoms with Gasteiger partial charge in [0, 0.05) is 0 Å². The summed E-state index contributed by atoms with van der Waals surface area (Å²) in [5, 5.41) is 9.26. The molecule has 2 nitrogen and oxygen atoms in total. The molecule has 0 aliphatic carbocycles. The highest BCUT2D eigenvalue weighted by molar-refractivity contribution is 6.29. The van der Waals surface area contributed by atoms with Crippen LogP contribution in [0.15, 0.2) is 36.9 Å². The molecule has 0 spiro atoms. The fourth-order valence-corrected chi connectivity index (χ4v) is 1.25. The van der Waals surface area contributed by atoms with E-state index in [1.807, 2.05) is 6.07 Å². The molecule has 62 valence electrons. The lowest BCUT2D eigenvalue weighted by molar-refractivity contribution is 0.443. The first-order valence-electron chi connectivity index (χ1n) is 3.63. The van der Waals surface area contributed by atoms with Gasteiger partial charge >= 0.3 is 9.76 Å². The molecule has 12 heavy (non-hydrogen) atoms. The topological polar surface area (TPSA) is 29.5 Å². The molecule has 1 aromatic carbocycles. The molecule has 0 aromatic heterocycles. The number of benzene rings is 1. The smallest absolute Gasteiger partial charge is 0.315 e. The molecule has 0 saturated carbocycles. The number of rotatable bonds is 4. The van der Waals surface area contributed by atoms with E-state index in [0.29, 0.717) is 15.5 Å². The molecule has 1 N–H and O–H groups in total. The van der Waals surface area contributed by atoms with E-state index in [2.05, 4.69) is 6.58 Å². The van der Waals surface area contributed by atoms with E-state index >= 15 is 0 Å². The van der Waals surface area contributed by atoms with Crippen LogP contribution in [0, 0.1) is 0 Å². The van der Waals surface area contributed by atoms with E-state index in [1.54, 1.807) is 24.3 Å². The molecule has 1 rings (SSSR count). The van der Waals surface area contributed by atoms with Gasteiger partial charge in [0.2, 0.25) is 0 Å². The standard InChI is InChI=1S/C9H10O2Si/c1-2-7-12-11-9-6-4-3-5-8(9)10/h2-6,10H,1,7H2. The van der Waals surface area contributed by atoms with Crippen LogP contribution in [0.25, 0.3) is 0 Å². The zero-order valence-electron chi connectivity index (χ0n) is 6.66. The average molecular weight is 178 g/mol. The van der Waals surface area contributed by atoms with Crippen molar-refractivity contribution < 1.29 is 9.53 Å². The van der Waals surface area contributed by atoms with E-state index in [9.17, 15) is 5.11 Å². The molecule has 2 radical (unpaired) electrons. The Morgan fingerprint density at radius 2 is 2.25 bits per heavy atom. The van der Waals surface area contributed by atoms with Crippen LogP contribution >= 0.6 is 0 Å². The maximum Gasteiger partial charge on any atom is 0.315 e. The number of aromatic hydroxyl groups is 1. The largest absolute Gasteiger partial charge is 0.538 e. The van der Waals surface area contributed by atoms with Crippen LogP contribution in [0.1, 0.15) is 0 Å². The Balaban J connectivity index is 2.51. The fourth-order valence-electron chi connectivity index (χ4n) is 0.722. The number of allylic oxidation sites excluding steroid dienone is 1. The molecule has 0 unspecified atom stereocenters. The van der Waals surface area contributed by atoms with Crippen molar-refractivity contribution in [2.24, 2.45) is 0 Å². The Bertz CT molecular complexity index is 260. The van der Waals surface area contributed by atoms with Gasteiger partial charge in [-0.15, -0.1) is 6.58 Å². The van der Waals surface area contributed by atoms with Crippen molar-refractivity contribution >= 4 is 9.76 Å². The molecule has 0 heterocycles. The van der Waals surface area contributed by atoms with E-state index < -0.39 is 0 Å². The molecule has 0 bridgehead atoms. The van der Waals surface area contributed by atoms with Crippen LogP contribution in [0.5, 0.6) is 11.5 Å². The van der Waals surface area contributed by atoms with E-state index in [-0.39, 0.29) is 5.75 Å². The first kappa shape index (κ1) is 8.87. The summed E-state index contributed by atoms with van der Waals surface area (Å²) in [6.45, 7) is 3.58. The van der Waals surface area contributed by atoms with Crippen LogP contribution in [0.3, 0.4) is 0 Å². The van der Waals surface area contributed by atoms with Gasteiger partial charge in [-0.2, -0.15) is 0 Å². The maximum absolute atomic E-state index is 9.26. The van der Waals surface area contributed by atoms with Gasteiger partial charge in [0.25, 0.3) is 0 Å². The van der Waals surface area contributed by atoms with Crippen LogP contribution < -0.4 is 4.43 Å². The molecule has 0 amide bonds. The van der Waals surface area contributed by atoms with Crippen LogP contribution in [-0.4, -0.2) is 14.9 Å². The monoisotopic (exact) mass is 178 g/mol. The van der Waals surface area contributed by atoms with Crippen LogP contribution in [0.4, 0.5) is 0 Å². The lowest BCUT2D eigenvalue weighted by Crippen LogP contribution is -1.99. The lowest BCUT2D eigenvalue weighted by Gasteiger charge is -2.04. The van der Waals surface area contributed by atoms with Gasteiger partial charge in [0.1, 0.15) is 5.75 Å². The molecule has 1 aromatic rings. The first-order valence-corrected chi connectivity index (χ1v) is 4.74. The highest BCUT2D eigenvalue weighted by Gasteiger charge is 1.98. The second-order valence-electron chi connectivity index (χ2n) is 2.21. The van der Waals surface area contributed by atoms with Gasteiger partial charge in [0.05, 0.1) is 0 Å².